The molecule has 1 aliphatic rings. The standard InChI is InChI=1S/C29H25N3O4/c1-17(2)26(29(35)36)32-16-22-10-8-20(14-24(22)28(32)34)25-12-11-23(15-30-25)31-27(33)21-9-7-18-5-3-4-6-19(18)13-21/h3-15,17,26H,16H2,1-2H3,(H,31,33)(H,35,36). The number of benzene rings is 3. The molecule has 0 saturated carbocycles. The van der Waals surface area contributed by atoms with Crippen molar-refractivity contribution >= 4 is 34.2 Å². The van der Waals surface area contributed by atoms with E-state index in [-0.39, 0.29) is 24.3 Å². The van der Waals surface area contributed by atoms with Crippen molar-refractivity contribution in [1.82, 2.24) is 9.88 Å². The Balaban J connectivity index is 1.33. The number of carboxylic acid groups (broad SMARTS) is 1. The summed E-state index contributed by atoms with van der Waals surface area (Å²) in [6, 6.07) is 21.6. The first-order valence-corrected chi connectivity index (χ1v) is 11.7. The van der Waals surface area contributed by atoms with Crippen LogP contribution in [0.4, 0.5) is 5.69 Å². The van der Waals surface area contributed by atoms with Crippen LogP contribution in [-0.2, 0) is 11.3 Å². The number of hydrogen-bond acceptors (Lipinski definition) is 4. The maximum absolute atomic E-state index is 13.0. The zero-order chi connectivity index (χ0) is 25.4. The van der Waals surface area contributed by atoms with E-state index in [0.29, 0.717) is 22.5 Å². The average Bonchev–Trinajstić information content (AvgIpc) is 3.19. The molecule has 3 aromatic carbocycles. The molecular weight excluding hydrogens is 454 g/mol. The molecule has 4 aromatic rings. The monoisotopic (exact) mass is 479 g/mol. The van der Waals surface area contributed by atoms with Crippen LogP contribution in [0.2, 0.25) is 0 Å². The van der Waals surface area contributed by atoms with E-state index in [4.69, 9.17) is 0 Å². The molecular formula is C29H25N3O4. The number of aliphatic carboxylic acids is 1. The van der Waals surface area contributed by atoms with Crippen molar-refractivity contribution in [3.63, 3.8) is 0 Å². The number of pyridine rings is 1. The number of rotatable bonds is 6. The molecule has 0 radical (unpaired) electrons. The molecule has 2 amide bonds. The lowest BCUT2D eigenvalue weighted by atomic mass is 10.0. The van der Waals surface area contributed by atoms with E-state index in [1.807, 2.05) is 48.5 Å². The quantitative estimate of drug-likeness (QED) is 0.395. The third kappa shape index (κ3) is 4.31. The number of carbonyl (C=O) groups is 3. The summed E-state index contributed by atoms with van der Waals surface area (Å²) in [6.45, 7) is 3.87. The lowest BCUT2D eigenvalue weighted by molar-refractivity contribution is -0.144. The van der Waals surface area contributed by atoms with E-state index < -0.39 is 12.0 Å². The summed E-state index contributed by atoms with van der Waals surface area (Å²) in [5.74, 6) is -1.72. The van der Waals surface area contributed by atoms with Crippen LogP contribution in [0.15, 0.2) is 79.0 Å². The minimum atomic E-state index is -1.01. The van der Waals surface area contributed by atoms with Gasteiger partial charge in [0.2, 0.25) is 0 Å². The predicted molar refractivity (Wildman–Crippen MR) is 138 cm³/mol. The molecule has 1 aromatic heterocycles. The summed E-state index contributed by atoms with van der Waals surface area (Å²) in [4.78, 5) is 43.4. The van der Waals surface area contributed by atoms with Crippen LogP contribution in [0.25, 0.3) is 22.0 Å². The van der Waals surface area contributed by atoms with Gasteiger partial charge in [-0.1, -0.05) is 56.3 Å². The molecule has 36 heavy (non-hydrogen) atoms. The van der Waals surface area contributed by atoms with Crippen molar-refractivity contribution in [2.75, 3.05) is 5.32 Å². The summed E-state index contributed by atoms with van der Waals surface area (Å²) in [7, 11) is 0. The summed E-state index contributed by atoms with van der Waals surface area (Å²) >= 11 is 0. The van der Waals surface area contributed by atoms with E-state index in [1.165, 1.54) is 4.90 Å². The molecule has 0 fully saturated rings. The average molecular weight is 480 g/mol. The molecule has 5 rings (SSSR count). The van der Waals surface area contributed by atoms with Gasteiger partial charge in [-0.05, 0) is 52.6 Å². The second-order valence-corrected chi connectivity index (χ2v) is 9.28. The van der Waals surface area contributed by atoms with Gasteiger partial charge >= 0.3 is 5.97 Å². The van der Waals surface area contributed by atoms with Crippen LogP contribution < -0.4 is 5.32 Å². The van der Waals surface area contributed by atoms with Gasteiger partial charge in [-0.2, -0.15) is 0 Å². The summed E-state index contributed by atoms with van der Waals surface area (Å²) in [5, 5.41) is 14.5. The fourth-order valence-corrected chi connectivity index (χ4v) is 4.66. The van der Waals surface area contributed by atoms with Crippen molar-refractivity contribution in [2.45, 2.75) is 26.4 Å². The van der Waals surface area contributed by atoms with Crippen LogP contribution in [-0.4, -0.2) is 38.8 Å². The van der Waals surface area contributed by atoms with Gasteiger partial charge in [0.1, 0.15) is 6.04 Å². The van der Waals surface area contributed by atoms with E-state index in [1.54, 1.807) is 44.3 Å². The molecule has 1 aliphatic heterocycles. The van der Waals surface area contributed by atoms with Gasteiger partial charge in [0.05, 0.1) is 17.6 Å². The number of nitrogens with one attached hydrogen (secondary N) is 1. The van der Waals surface area contributed by atoms with Crippen LogP contribution in [0.5, 0.6) is 0 Å². The lowest BCUT2D eigenvalue weighted by Gasteiger charge is -2.27. The maximum Gasteiger partial charge on any atom is 0.326 e. The van der Waals surface area contributed by atoms with Crippen LogP contribution >= 0.6 is 0 Å². The smallest absolute Gasteiger partial charge is 0.326 e. The molecule has 2 heterocycles. The summed E-state index contributed by atoms with van der Waals surface area (Å²) < 4.78 is 0. The number of fused-ring (bicyclic) bond motifs is 2. The molecule has 180 valence electrons. The highest BCUT2D eigenvalue weighted by Crippen LogP contribution is 2.31. The Morgan fingerprint density at radius 1 is 0.972 bits per heavy atom. The number of carbonyl (C=O) groups excluding carboxylic acids is 2. The number of anilines is 1. The Bertz CT molecular complexity index is 1490. The Morgan fingerprint density at radius 3 is 2.44 bits per heavy atom. The van der Waals surface area contributed by atoms with E-state index in [9.17, 15) is 19.5 Å². The molecule has 2 N–H and O–H groups in total. The normalized spacial score (nSPS) is 13.6. The Labute approximate surface area is 208 Å². The number of nitrogens with zero attached hydrogens (tertiary/aromatic N) is 2. The molecule has 0 aliphatic carbocycles. The molecule has 0 spiro atoms. The van der Waals surface area contributed by atoms with Crippen molar-refractivity contribution in [2.24, 2.45) is 5.92 Å². The molecule has 1 atom stereocenters. The SMILES string of the molecule is CC(C)C(C(=O)O)N1Cc2ccc(-c3ccc(NC(=O)c4ccc5ccccc5c4)cn3)cc2C1=O. The van der Waals surface area contributed by atoms with E-state index in [2.05, 4.69) is 10.3 Å². The third-order valence-electron chi connectivity index (χ3n) is 6.49. The van der Waals surface area contributed by atoms with Crippen LogP contribution in [0, 0.1) is 5.92 Å². The van der Waals surface area contributed by atoms with Crippen LogP contribution in [0.1, 0.15) is 40.1 Å². The van der Waals surface area contributed by atoms with Gasteiger partial charge in [0, 0.05) is 23.2 Å². The third-order valence-corrected chi connectivity index (χ3v) is 6.49. The Kier molecular flexibility index (Phi) is 5.98. The summed E-state index contributed by atoms with van der Waals surface area (Å²) in [5.41, 5.74) is 3.80. The Hall–Kier alpha value is -4.52. The van der Waals surface area contributed by atoms with Gasteiger partial charge in [-0.3, -0.25) is 14.6 Å². The topological polar surface area (TPSA) is 99.6 Å². The molecule has 0 saturated heterocycles. The Morgan fingerprint density at radius 2 is 1.75 bits per heavy atom. The first-order valence-electron chi connectivity index (χ1n) is 11.7. The van der Waals surface area contributed by atoms with Gasteiger partial charge < -0.3 is 15.3 Å². The minimum Gasteiger partial charge on any atom is -0.480 e. The second kappa shape index (κ2) is 9.26. The second-order valence-electron chi connectivity index (χ2n) is 9.28. The van der Waals surface area contributed by atoms with Crippen molar-refractivity contribution in [3.05, 3.63) is 95.7 Å². The lowest BCUT2D eigenvalue weighted by Crippen LogP contribution is -2.44. The summed E-state index contributed by atoms with van der Waals surface area (Å²) in [6.07, 6.45) is 1.58. The number of amides is 2. The van der Waals surface area contributed by atoms with Gasteiger partial charge in [-0.15, -0.1) is 0 Å². The van der Waals surface area contributed by atoms with Gasteiger partial charge in [-0.25, -0.2) is 4.79 Å². The van der Waals surface area contributed by atoms with Crippen molar-refractivity contribution < 1.29 is 19.5 Å². The minimum absolute atomic E-state index is 0.209. The zero-order valence-corrected chi connectivity index (χ0v) is 19.9. The fourth-order valence-electron chi connectivity index (χ4n) is 4.66. The molecule has 1 unspecified atom stereocenters. The van der Waals surface area contributed by atoms with Gasteiger partial charge in [0.15, 0.2) is 0 Å². The van der Waals surface area contributed by atoms with Crippen molar-refractivity contribution in [3.8, 4) is 11.3 Å². The highest BCUT2D eigenvalue weighted by molar-refractivity contribution is 6.06. The number of hydrogen-bond donors (Lipinski definition) is 2. The fraction of sp³-hybridized carbons (Fsp3) is 0.172. The van der Waals surface area contributed by atoms with E-state index >= 15 is 0 Å². The highest BCUT2D eigenvalue weighted by atomic mass is 16.4. The van der Waals surface area contributed by atoms with E-state index in [0.717, 1.165) is 21.9 Å². The van der Waals surface area contributed by atoms with Crippen molar-refractivity contribution in [1.29, 1.82) is 0 Å². The maximum atomic E-state index is 13.0. The first kappa shape index (κ1) is 23.2. The molecule has 0 bridgehead atoms. The molecule has 7 nitrogen and oxygen atoms in total. The number of carboxylic acids is 1. The zero-order valence-electron chi connectivity index (χ0n) is 19.9. The first-order chi connectivity index (χ1) is 17.3. The van der Waals surface area contributed by atoms with Crippen LogP contribution in [0.3, 0.4) is 0 Å². The predicted octanol–water partition coefficient (Wildman–Crippen LogP) is 5.22. The van der Waals surface area contributed by atoms with Gasteiger partial charge in [0.25, 0.3) is 11.8 Å². The largest absolute Gasteiger partial charge is 0.480 e. The molecule has 7 heteroatoms. The number of aromatic nitrogens is 1. The highest BCUT2D eigenvalue weighted by Gasteiger charge is 2.38.